The Balaban J connectivity index is 1.58. The van der Waals surface area contributed by atoms with Crippen molar-refractivity contribution in [2.75, 3.05) is 0 Å². The fourth-order valence-electron chi connectivity index (χ4n) is 2.47. The van der Waals surface area contributed by atoms with E-state index in [0.29, 0.717) is 18.0 Å². The summed E-state index contributed by atoms with van der Waals surface area (Å²) in [5.41, 5.74) is 6.65. The molecular formula is C21H23ClN4O3S. The molecule has 2 aromatic carbocycles. The third kappa shape index (κ3) is 9.02. The number of thiocarbonyl (C=S) groups is 1. The van der Waals surface area contributed by atoms with Gasteiger partial charge in [0.15, 0.2) is 5.11 Å². The van der Waals surface area contributed by atoms with Crippen LogP contribution in [0.4, 0.5) is 0 Å². The van der Waals surface area contributed by atoms with Crippen molar-refractivity contribution in [1.82, 2.24) is 21.5 Å². The molecule has 30 heavy (non-hydrogen) atoms. The Morgan fingerprint density at radius 1 is 0.800 bits per heavy atom. The number of amides is 3. The third-order valence-corrected chi connectivity index (χ3v) is 4.63. The SMILES string of the molecule is O=C(CCC(=O)NNC(=S)NC(=O)CCc1ccccc1Cl)NCc1ccccc1. The maximum Gasteiger partial charge on any atom is 0.238 e. The summed E-state index contributed by atoms with van der Waals surface area (Å²) in [5, 5.41) is 5.79. The Morgan fingerprint density at radius 2 is 1.47 bits per heavy atom. The highest BCUT2D eigenvalue weighted by molar-refractivity contribution is 7.80. The van der Waals surface area contributed by atoms with Crippen LogP contribution in [-0.2, 0) is 27.3 Å². The number of carbonyl (C=O) groups excluding carboxylic acids is 3. The van der Waals surface area contributed by atoms with Crippen LogP contribution in [-0.4, -0.2) is 22.8 Å². The molecule has 9 heteroatoms. The molecule has 3 amide bonds. The fraction of sp³-hybridized carbons (Fsp3) is 0.238. The van der Waals surface area contributed by atoms with Crippen molar-refractivity contribution in [3.05, 3.63) is 70.7 Å². The quantitative estimate of drug-likeness (QED) is 0.368. The summed E-state index contributed by atoms with van der Waals surface area (Å²) in [4.78, 5) is 35.6. The van der Waals surface area contributed by atoms with Gasteiger partial charge in [0.1, 0.15) is 0 Å². The fourth-order valence-corrected chi connectivity index (χ4v) is 2.87. The molecule has 0 bridgehead atoms. The van der Waals surface area contributed by atoms with Crippen molar-refractivity contribution in [2.24, 2.45) is 0 Å². The van der Waals surface area contributed by atoms with Crippen molar-refractivity contribution < 1.29 is 14.4 Å². The molecule has 2 rings (SSSR count). The zero-order valence-corrected chi connectivity index (χ0v) is 17.8. The number of aryl methyl sites for hydroxylation is 1. The van der Waals surface area contributed by atoms with E-state index in [1.165, 1.54) is 0 Å². The predicted octanol–water partition coefficient (Wildman–Crippen LogP) is 2.39. The van der Waals surface area contributed by atoms with Crippen LogP contribution in [0.5, 0.6) is 0 Å². The maximum absolute atomic E-state index is 11.9. The summed E-state index contributed by atoms with van der Waals surface area (Å²) >= 11 is 11.0. The zero-order chi connectivity index (χ0) is 21.8. The van der Waals surface area contributed by atoms with Gasteiger partial charge in [0.05, 0.1) is 0 Å². The lowest BCUT2D eigenvalue weighted by Gasteiger charge is -2.11. The van der Waals surface area contributed by atoms with E-state index in [2.05, 4.69) is 21.5 Å². The first-order valence-corrected chi connectivity index (χ1v) is 10.2. The number of carbonyl (C=O) groups is 3. The molecule has 0 aromatic heterocycles. The normalized spacial score (nSPS) is 10.0. The highest BCUT2D eigenvalue weighted by Gasteiger charge is 2.09. The van der Waals surface area contributed by atoms with E-state index >= 15 is 0 Å². The van der Waals surface area contributed by atoms with E-state index < -0.39 is 5.91 Å². The van der Waals surface area contributed by atoms with E-state index in [0.717, 1.165) is 11.1 Å². The lowest BCUT2D eigenvalue weighted by Crippen LogP contribution is -2.48. The summed E-state index contributed by atoms with van der Waals surface area (Å²) in [7, 11) is 0. The van der Waals surface area contributed by atoms with Crippen molar-refractivity contribution in [3.8, 4) is 0 Å². The number of halogens is 1. The second-order valence-electron chi connectivity index (χ2n) is 6.40. The molecule has 0 radical (unpaired) electrons. The molecule has 158 valence electrons. The Morgan fingerprint density at radius 3 is 2.20 bits per heavy atom. The van der Waals surface area contributed by atoms with Gasteiger partial charge in [-0.05, 0) is 35.8 Å². The molecule has 7 nitrogen and oxygen atoms in total. The summed E-state index contributed by atoms with van der Waals surface area (Å²) in [6.07, 6.45) is 0.688. The number of hydrazine groups is 1. The topological polar surface area (TPSA) is 99.3 Å². The summed E-state index contributed by atoms with van der Waals surface area (Å²) in [5.74, 6) is -0.955. The second kappa shape index (κ2) is 12.6. The Kier molecular flexibility index (Phi) is 9.76. The van der Waals surface area contributed by atoms with E-state index in [-0.39, 0.29) is 36.2 Å². The van der Waals surface area contributed by atoms with Crippen molar-refractivity contribution >= 4 is 46.7 Å². The minimum atomic E-state index is -0.419. The molecule has 0 atom stereocenters. The minimum absolute atomic E-state index is 0.0172. The van der Waals surface area contributed by atoms with Gasteiger partial charge in [-0.15, -0.1) is 0 Å². The molecular weight excluding hydrogens is 424 g/mol. The Bertz CT molecular complexity index is 893. The van der Waals surface area contributed by atoms with Crippen molar-refractivity contribution in [1.29, 1.82) is 0 Å². The first-order valence-electron chi connectivity index (χ1n) is 9.36. The van der Waals surface area contributed by atoms with Gasteiger partial charge < -0.3 is 10.6 Å². The second-order valence-corrected chi connectivity index (χ2v) is 7.22. The lowest BCUT2D eigenvalue weighted by molar-refractivity contribution is -0.126. The largest absolute Gasteiger partial charge is 0.352 e. The van der Waals surface area contributed by atoms with Gasteiger partial charge >= 0.3 is 0 Å². The predicted molar refractivity (Wildman–Crippen MR) is 119 cm³/mol. The average molecular weight is 447 g/mol. The van der Waals surface area contributed by atoms with Gasteiger partial charge in [-0.1, -0.05) is 60.1 Å². The summed E-state index contributed by atoms with van der Waals surface area (Å²) in [6, 6.07) is 16.8. The van der Waals surface area contributed by atoms with Gasteiger partial charge in [0.2, 0.25) is 17.7 Å². The average Bonchev–Trinajstić information content (AvgIpc) is 2.75. The van der Waals surface area contributed by atoms with E-state index in [4.69, 9.17) is 23.8 Å². The van der Waals surface area contributed by atoms with Crippen LogP contribution < -0.4 is 21.5 Å². The minimum Gasteiger partial charge on any atom is -0.352 e. The highest BCUT2D eigenvalue weighted by atomic mass is 35.5. The molecule has 0 unspecified atom stereocenters. The van der Waals surface area contributed by atoms with Gasteiger partial charge in [0, 0.05) is 30.8 Å². The summed E-state index contributed by atoms with van der Waals surface area (Å²) < 4.78 is 0. The standard InChI is InChI=1S/C21H23ClN4O3S/c22-17-9-5-4-8-16(17)10-11-19(28)24-21(30)26-25-20(29)13-12-18(27)23-14-15-6-2-1-3-7-15/h1-9H,10-14H2,(H,23,27)(H,25,29)(H2,24,26,28,30). The smallest absolute Gasteiger partial charge is 0.238 e. The number of hydrogen-bond acceptors (Lipinski definition) is 4. The van der Waals surface area contributed by atoms with E-state index in [9.17, 15) is 14.4 Å². The van der Waals surface area contributed by atoms with Gasteiger partial charge in [0.25, 0.3) is 0 Å². The van der Waals surface area contributed by atoms with Crippen molar-refractivity contribution in [3.63, 3.8) is 0 Å². The molecule has 0 spiro atoms. The van der Waals surface area contributed by atoms with E-state index in [1.807, 2.05) is 48.5 Å². The van der Waals surface area contributed by atoms with Gasteiger partial charge in [-0.3, -0.25) is 25.2 Å². The monoisotopic (exact) mass is 446 g/mol. The van der Waals surface area contributed by atoms with Crippen LogP contribution in [0.2, 0.25) is 5.02 Å². The number of nitrogens with one attached hydrogen (secondary N) is 4. The molecule has 4 N–H and O–H groups in total. The Hall–Kier alpha value is -2.97. The van der Waals surface area contributed by atoms with Crippen molar-refractivity contribution in [2.45, 2.75) is 32.2 Å². The van der Waals surface area contributed by atoms with Gasteiger partial charge in [-0.25, -0.2) is 0 Å². The number of hydrogen-bond donors (Lipinski definition) is 4. The number of benzene rings is 2. The van der Waals surface area contributed by atoms with E-state index in [1.54, 1.807) is 6.07 Å². The van der Waals surface area contributed by atoms with Crippen LogP contribution in [0, 0.1) is 0 Å². The van der Waals surface area contributed by atoms with Crippen LogP contribution >= 0.6 is 23.8 Å². The first-order chi connectivity index (χ1) is 14.4. The van der Waals surface area contributed by atoms with Crippen LogP contribution in [0.3, 0.4) is 0 Å². The molecule has 0 aliphatic carbocycles. The van der Waals surface area contributed by atoms with Crippen LogP contribution in [0.25, 0.3) is 0 Å². The Labute approximate surface area is 185 Å². The molecule has 0 fully saturated rings. The van der Waals surface area contributed by atoms with Crippen LogP contribution in [0.15, 0.2) is 54.6 Å². The number of rotatable bonds is 8. The summed E-state index contributed by atoms with van der Waals surface area (Å²) in [6.45, 7) is 0.407. The zero-order valence-electron chi connectivity index (χ0n) is 16.2. The lowest BCUT2D eigenvalue weighted by atomic mass is 10.1. The molecule has 2 aromatic rings. The molecule has 0 saturated carbocycles. The van der Waals surface area contributed by atoms with Gasteiger partial charge in [-0.2, -0.15) is 0 Å². The first kappa shape index (κ1) is 23.3. The third-order valence-electron chi connectivity index (χ3n) is 4.06. The molecule has 0 saturated heterocycles. The molecule has 0 aliphatic heterocycles. The molecule has 0 aliphatic rings. The van der Waals surface area contributed by atoms with Crippen LogP contribution in [0.1, 0.15) is 30.4 Å². The maximum atomic E-state index is 11.9. The highest BCUT2D eigenvalue weighted by Crippen LogP contribution is 2.16. The molecule has 0 heterocycles.